The molecule has 0 aromatic heterocycles. The van der Waals surface area contributed by atoms with E-state index in [1.807, 2.05) is 12.1 Å². The predicted molar refractivity (Wildman–Crippen MR) is 91.4 cm³/mol. The Morgan fingerprint density at radius 1 is 1.24 bits per heavy atom. The number of halogens is 3. The standard InChI is InChI=1S/C14H20ClN3O.2ClH/c15-12-3-1-11(2-4-12)10-18-7-5-13(6-8-18)17-14(19)9-16;;/h1-4,13H,5-10,16H2,(H,17,19);2*1H. The lowest BCUT2D eigenvalue weighted by molar-refractivity contribution is -0.120. The number of carbonyl (C=O) groups excluding carboxylic acids is 1. The van der Waals surface area contributed by atoms with Gasteiger partial charge in [0.05, 0.1) is 6.54 Å². The molecule has 1 heterocycles. The maximum atomic E-state index is 11.2. The molecule has 0 saturated carbocycles. The van der Waals surface area contributed by atoms with Crippen molar-refractivity contribution in [1.82, 2.24) is 10.2 Å². The van der Waals surface area contributed by atoms with Gasteiger partial charge in [0.1, 0.15) is 0 Å². The van der Waals surface area contributed by atoms with Crippen LogP contribution in [0.25, 0.3) is 0 Å². The normalized spacial score (nSPS) is 15.7. The first kappa shape index (κ1) is 20.5. The van der Waals surface area contributed by atoms with Crippen molar-refractivity contribution >= 4 is 42.3 Å². The maximum Gasteiger partial charge on any atom is 0.233 e. The average molecular weight is 355 g/mol. The van der Waals surface area contributed by atoms with E-state index in [4.69, 9.17) is 17.3 Å². The lowest BCUT2D eigenvalue weighted by atomic mass is 10.0. The fourth-order valence-electron chi connectivity index (χ4n) is 2.37. The Hall–Kier alpha value is -0.520. The third kappa shape index (κ3) is 6.85. The van der Waals surface area contributed by atoms with Crippen molar-refractivity contribution in [2.75, 3.05) is 19.6 Å². The van der Waals surface area contributed by atoms with Gasteiger partial charge in [-0.2, -0.15) is 0 Å². The molecule has 1 saturated heterocycles. The first-order valence-corrected chi connectivity index (χ1v) is 7.01. The van der Waals surface area contributed by atoms with E-state index in [0.29, 0.717) is 0 Å². The van der Waals surface area contributed by atoms with Crippen LogP contribution in [-0.4, -0.2) is 36.5 Å². The van der Waals surface area contributed by atoms with Gasteiger partial charge in [0.15, 0.2) is 0 Å². The zero-order valence-electron chi connectivity index (χ0n) is 11.8. The molecular formula is C14H22Cl3N3O. The Balaban J connectivity index is 0.00000200. The molecule has 1 amide bonds. The summed E-state index contributed by atoms with van der Waals surface area (Å²) < 4.78 is 0. The van der Waals surface area contributed by atoms with Crippen molar-refractivity contribution in [3.63, 3.8) is 0 Å². The van der Waals surface area contributed by atoms with E-state index in [1.165, 1.54) is 5.56 Å². The number of nitrogens with two attached hydrogens (primary N) is 1. The summed E-state index contributed by atoms with van der Waals surface area (Å²) in [5.74, 6) is -0.0591. The number of hydrogen-bond acceptors (Lipinski definition) is 3. The molecule has 4 nitrogen and oxygen atoms in total. The molecule has 2 rings (SSSR count). The van der Waals surface area contributed by atoms with Crippen LogP contribution in [0.15, 0.2) is 24.3 Å². The molecule has 1 fully saturated rings. The SMILES string of the molecule is Cl.Cl.NCC(=O)NC1CCN(Cc2ccc(Cl)cc2)CC1. The largest absolute Gasteiger partial charge is 0.352 e. The van der Waals surface area contributed by atoms with Gasteiger partial charge in [-0.3, -0.25) is 9.69 Å². The molecule has 1 aromatic carbocycles. The number of piperidine rings is 1. The van der Waals surface area contributed by atoms with Crippen LogP contribution >= 0.6 is 36.4 Å². The van der Waals surface area contributed by atoms with Crippen LogP contribution in [0.4, 0.5) is 0 Å². The van der Waals surface area contributed by atoms with Crippen molar-refractivity contribution in [2.45, 2.75) is 25.4 Å². The summed E-state index contributed by atoms with van der Waals surface area (Å²) in [7, 11) is 0. The minimum Gasteiger partial charge on any atom is -0.352 e. The topological polar surface area (TPSA) is 58.4 Å². The molecule has 3 N–H and O–H groups in total. The fourth-order valence-corrected chi connectivity index (χ4v) is 2.50. The fraction of sp³-hybridized carbons (Fsp3) is 0.500. The number of nitrogens with one attached hydrogen (secondary N) is 1. The molecule has 21 heavy (non-hydrogen) atoms. The van der Waals surface area contributed by atoms with Gasteiger partial charge in [-0.05, 0) is 30.5 Å². The first-order valence-electron chi connectivity index (χ1n) is 6.63. The van der Waals surface area contributed by atoms with E-state index < -0.39 is 0 Å². The van der Waals surface area contributed by atoms with Gasteiger partial charge in [-0.1, -0.05) is 23.7 Å². The summed E-state index contributed by atoms with van der Waals surface area (Å²) in [6.07, 6.45) is 1.97. The lowest BCUT2D eigenvalue weighted by Crippen LogP contribution is -2.46. The molecule has 1 aromatic rings. The third-order valence-corrected chi connectivity index (χ3v) is 3.71. The Bertz CT molecular complexity index is 420. The van der Waals surface area contributed by atoms with Crippen molar-refractivity contribution in [1.29, 1.82) is 0 Å². The number of hydrogen-bond donors (Lipinski definition) is 2. The molecule has 0 aliphatic carbocycles. The van der Waals surface area contributed by atoms with Crippen molar-refractivity contribution < 1.29 is 4.79 Å². The van der Waals surface area contributed by atoms with Gasteiger partial charge < -0.3 is 11.1 Å². The smallest absolute Gasteiger partial charge is 0.233 e. The van der Waals surface area contributed by atoms with Crippen molar-refractivity contribution in [3.8, 4) is 0 Å². The number of benzene rings is 1. The van der Waals surface area contributed by atoms with Crippen LogP contribution in [0.2, 0.25) is 5.02 Å². The molecule has 7 heteroatoms. The molecular weight excluding hydrogens is 333 g/mol. The van der Waals surface area contributed by atoms with Gasteiger partial charge >= 0.3 is 0 Å². The van der Waals surface area contributed by atoms with E-state index in [0.717, 1.165) is 37.5 Å². The zero-order valence-corrected chi connectivity index (χ0v) is 14.1. The average Bonchev–Trinajstić information content (AvgIpc) is 2.43. The van der Waals surface area contributed by atoms with Crippen molar-refractivity contribution in [2.24, 2.45) is 5.73 Å². The molecule has 0 radical (unpaired) electrons. The molecule has 1 aliphatic heterocycles. The molecule has 0 atom stereocenters. The quantitative estimate of drug-likeness (QED) is 0.871. The summed E-state index contributed by atoms with van der Waals surface area (Å²) in [6.45, 7) is 3.01. The molecule has 0 bridgehead atoms. The molecule has 1 aliphatic rings. The van der Waals surface area contributed by atoms with Crippen LogP contribution in [0.3, 0.4) is 0 Å². The van der Waals surface area contributed by atoms with E-state index in [-0.39, 0.29) is 43.3 Å². The van der Waals surface area contributed by atoms with Crippen LogP contribution in [0, 0.1) is 0 Å². The van der Waals surface area contributed by atoms with Gasteiger partial charge in [0, 0.05) is 30.7 Å². The second kappa shape index (κ2) is 10.2. The Labute approximate surface area is 143 Å². The summed E-state index contributed by atoms with van der Waals surface area (Å²) >= 11 is 5.87. The van der Waals surface area contributed by atoms with Gasteiger partial charge in [-0.15, -0.1) is 24.8 Å². The minimum absolute atomic E-state index is 0. The number of likely N-dealkylation sites (tertiary alicyclic amines) is 1. The lowest BCUT2D eigenvalue weighted by Gasteiger charge is -2.32. The summed E-state index contributed by atoms with van der Waals surface area (Å²) in [4.78, 5) is 13.6. The predicted octanol–water partition coefficient (Wildman–Crippen LogP) is 2.22. The van der Waals surface area contributed by atoms with Crippen LogP contribution in [-0.2, 0) is 11.3 Å². The Kier molecular flexibility index (Phi) is 9.99. The van der Waals surface area contributed by atoms with Crippen LogP contribution < -0.4 is 11.1 Å². The van der Waals surface area contributed by atoms with E-state index in [1.54, 1.807) is 0 Å². The molecule has 120 valence electrons. The Morgan fingerprint density at radius 2 is 1.81 bits per heavy atom. The van der Waals surface area contributed by atoms with Gasteiger partial charge in [0.25, 0.3) is 0 Å². The second-order valence-corrected chi connectivity index (χ2v) is 5.38. The van der Waals surface area contributed by atoms with Crippen molar-refractivity contribution in [3.05, 3.63) is 34.9 Å². The minimum atomic E-state index is -0.0591. The summed E-state index contributed by atoms with van der Waals surface area (Å²) in [6, 6.07) is 8.24. The number of rotatable bonds is 4. The Morgan fingerprint density at radius 3 is 2.33 bits per heavy atom. The number of carbonyl (C=O) groups is 1. The van der Waals surface area contributed by atoms with Gasteiger partial charge in [0.2, 0.25) is 5.91 Å². The van der Waals surface area contributed by atoms with Gasteiger partial charge in [-0.25, -0.2) is 0 Å². The number of nitrogens with zero attached hydrogens (tertiary/aromatic N) is 1. The van der Waals surface area contributed by atoms with E-state index in [9.17, 15) is 4.79 Å². The summed E-state index contributed by atoms with van der Waals surface area (Å²) in [5, 5.41) is 3.72. The molecule has 0 spiro atoms. The van der Waals surface area contributed by atoms with Crippen LogP contribution in [0.5, 0.6) is 0 Å². The first-order chi connectivity index (χ1) is 9.17. The second-order valence-electron chi connectivity index (χ2n) is 4.95. The molecule has 0 unspecified atom stereocenters. The third-order valence-electron chi connectivity index (χ3n) is 3.46. The highest BCUT2D eigenvalue weighted by Gasteiger charge is 2.20. The highest BCUT2D eigenvalue weighted by Crippen LogP contribution is 2.15. The van der Waals surface area contributed by atoms with E-state index in [2.05, 4.69) is 22.3 Å². The zero-order chi connectivity index (χ0) is 13.7. The maximum absolute atomic E-state index is 11.2. The highest BCUT2D eigenvalue weighted by atomic mass is 35.5. The van der Waals surface area contributed by atoms with E-state index >= 15 is 0 Å². The van der Waals surface area contributed by atoms with Crippen LogP contribution in [0.1, 0.15) is 18.4 Å². The highest BCUT2D eigenvalue weighted by molar-refractivity contribution is 6.30. The number of amides is 1. The summed E-state index contributed by atoms with van der Waals surface area (Å²) in [5.41, 5.74) is 6.57. The monoisotopic (exact) mass is 353 g/mol.